The van der Waals surface area contributed by atoms with E-state index in [1.165, 1.54) is 14.2 Å². The number of benzene rings is 3. The van der Waals surface area contributed by atoms with Crippen LogP contribution in [0.3, 0.4) is 0 Å². The second kappa shape index (κ2) is 13.9. The van der Waals surface area contributed by atoms with Gasteiger partial charge in [0.05, 0.1) is 39.6 Å². The monoisotopic (exact) mass is 642 g/mol. The molecule has 0 aromatic heterocycles. The first-order chi connectivity index (χ1) is 20.6. The minimum atomic E-state index is -0.331. The van der Waals surface area contributed by atoms with E-state index in [0.29, 0.717) is 44.9 Å². The molecule has 0 bridgehead atoms. The van der Waals surface area contributed by atoms with Crippen LogP contribution in [-0.4, -0.2) is 48.8 Å². The average molecular weight is 643 g/mol. The summed E-state index contributed by atoms with van der Waals surface area (Å²) in [6, 6.07) is 10.7. The molecule has 0 saturated carbocycles. The molecule has 0 fully saturated rings. The van der Waals surface area contributed by atoms with Crippen LogP contribution in [0.1, 0.15) is 74.9 Å². The summed E-state index contributed by atoms with van der Waals surface area (Å²) in [6.45, 7) is 12.0. The molecule has 10 heteroatoms. The molecule has 0 aliphatic heterocycles. The molecule has 0 heterocycles. The van der Waals surface area contributed by atoms with Gasteiger partial charge in [-0.2, -0.15) is 0 Å². The van der Waals surface area contributed by atoms with Gasteiger partial charge in [0.2, 0.25) is 0 Å². The van der Waals surface area contributed by atoms with Gasteiger partial charge in [0.25, 0.3) is 0 Å². The second-order valence-electron chi connectivity index (χ2n) is 12.2. The van der Waals surface area contributed by atoms with Crippen molar-refractivity contribution in [2.24, 2.45) is 0 Å². The van der Waals surface area contributed by atoms with Crippen molar-refractivity contribution in [3.05, 3.63) is 69.8 Å². The van der Waals surface area contributed by atoms with Crippen molar-refractivity contribution in [3.8, 4) is 34.5 Å². The number of phenols is 2. The fourth-order valence-electron chi connectivity index (χ4n) is 4.73. The van der Waals surface area contributed by atoms with E-state index >= 15 is 0 Å². The van der Waals surface area contributed by atoms with E-state index in [2.05, 4.69) is 0 Å². The van der Waals surface area contributed by atoms with Crippen molar-refractivity contribution < 1.29 is 38.6 Å². The van der Waals surface area contributed by atoms with Crippen LogP contribution in [0.15, 0.2) is 36.4 Å². The highest BCUT2D eigenvalue weighted by atomic mass is 32.1. The van der Waals surface area contributed by atoms with Crippen LogP contribution < -0.4 is 18.9 Å². The maximum atomic E-state index is 10.9. The molecule has 3 aromatic rings. The molecular weight excluding hydrogens is 601 g/mol. The molecule has 0 aliphatic rings. The minimum Gasteiger partial charge on any atom is -0.504 e. The lowest BCUT2D eigenvalue weighted by Crippen LogP contribution is -2.14. The van der Waals surface area contributed by atoms with Crippen LogP contribution in [0, 0.1) is 0 Å². The molecule has 0 atom stereocenters. The quantitative estimate of drug-likeness (QED) is 0.216. The fraction of sp³-hybridized carbons (Fsp3) is 0.412. The van der Waals surface area contributed by atoms with Gasteiger partial charge in [0.1, 0.15) is 24.7 Å². The molecule has 3 aromatic carbocycles. The van der Waals surface area contributed by atoms with E-state index in [1.54, 1.807) is 50.6 Å². The maximum absolute atomic E-state index is 10.9. The van der Waals surface area contributed by atoms with Gasteiger partial charge in [-0.1, -0.05) is 41.5 Å². The van der Waals surface area contributed by atoms with Gasteiger partial charge in [-0.25, -0.2) is 0 Å². The SMILES string of the molecule is COc1cc(C(C)(C)C)c(O)c(OC)c1COC(=S)c1ccc(C(=S)OCc2c(OC)cc(C(C)(C)C)c(O)c2OC)cc1. The highest BCUT2D eigenvalue weighted by molar-refractivity contribution is 7.80. The van der Waals surface area contributed by atoms with Crippen molar-refractivity contribution in [2.75, 3.05) is 28.4 Å². The third-order valence-electron chi connectivity index (χ3n) is 7.15. The van der Waals surface area contributed by atoms with E-state index in [-0.39, 0.29) is 57.1 Å². The Morgan fingerprint density at radius 2 is 0.909 bits per heavy atom. The molecule has 2 N–H and O–H groups in total. The largest absolute Gasteiger partial charge is 0.504 e. The molecule has 0 amide bonds. The Morgan fingerprint density at radius 1 is 0.591 bits per heavy atom. The van der Waals surface area contributed by atoms with Gasteiger partial charge in [-0.15, -0.1) is 0 Å². The van der Waals surface area contributed by atoms with Crippen LogP contribution in [0.2, 0.25) is 0 Å². The van der Waals surface area contributed by atoms with Gasteiger partial charge in [-0.05, 0) is 71.7 Å². The Labute approximate surface area is 270 Å². The molecule has 0 aliphatic carbocycles. The highest BCUT2D eigenvalue weighted by Gasteiger charge is 2.28. The molecular formula is C34H42O8S2. The standard InChI is InChI=1S/C34H42O8S2/c1-33(2,3)23-15-25(37-7)21(29(39-9)27(23)35)17-41-31(43)19-11-13-20(14-12-19)32(44)42-18-22-26(38-8)16-24(34(4,5)6)28(36)30(22)40-10/h11-16,35-36H,17-18H2,1-10H3. The minimum absolute atomic E-state index is 0.0248. The zero-order valence-corrected chi connectivity index (χ0v) is 28.7. The number of hydrogen-bond acceptors (Lipinski definition) is 10. The topological polar surface area (TPSA) is 95.8 Å². The summed E-state index contributed by atoms with van der Waals surface area (Å²) in [7, 11) is 6.09. The Morgan fingerprint density at radius 3 is 1.16 bits per heavy atom. The van der Waals surface area contributed by atoms with E-state index in [1.807, 2.05) is 41.5 Å². The Balaban J connectivity index is 1.75. The lowest BCUT2D eigenvalue weighted by Gasteiger charge is -2.25. The maximum Gasteiger partial charge on any atom is 0.191 e. The summed E-state index contributed by atoms with van der Waals surface area (Å²) in [5.41, 5.74) is 3.13. The van der Waals surface area contributed by atoms with Crippen molar-refractivity contribution >= 4 is 34.5 Å². The Kier molecular flexibility index (Phi) is 11.0. The lowest BCUT2D eigenvalue weighted by atomic mass is 9.85. The first-order valence-electron chi connectivity index (χ1n) is 14.0. The number of phenolic OH excluding ortho intramolecular Hbond substituents is 2. The van der Waals surface area contributed by atoms with Crippen molar-refractivity contribution in [1.29, 1.82) is 0 Å². The molecule has 0 spiro atoms. The van der Waals surface area contributed by atoms with E-state index in [0.717, 1.165) is 0 Å². The van der Waals surface area contributed by atoms with Crippen molar-refractivity contribution in [1.82, 2.24) is 0 Å². The van der Waals surface area contributed by atoms with Gasteiger partial charge in [0.15, 0.2) is 33.1 Å². The van der Waals surface area contributed by atoms with Crippen LogP contribution in [0.25, 0.3) is 0 Å². The zero-order valence-electron chi connectivity index (χ0n) is 27.0. The van der Waals surface area contributed by atoms with Crippen LogP contribution >= 0.6 is 24.4 Å². The van der Waals surface area contributed by atoms with Crippen molar-refractivity contribution in [3.63, 3.8) is 0 Å². The first kappa shape index (κ1) is 34.7. The Hall–Kier alpha value is -3.76. The third-order valence-corrected chi connectivity index (χ3v) is 7.86. The van der Waals surface area contributed by atoms with Gasteiger partial charge < -0.3 is 38.6 Å². The Bertz CT molecular complexity index is 1400. The number of methoxy groups -OCH3 is 4. The fourth-order valence-corrected chi connectivity index (χ4v) is 5.12. The third kappa shape index (κ3) is 7.47. The number of aromatic hydroxyl groups is 2. The van der Waals surface area contributed by atoms with Crippen molar-refractivity contribution in [2.45, 2.75) is 65.6 Å². The summed E-state index contributed by atoms with van der Waals surface area (Å²) < 4.78 is 34.1. The van der Waals surface area contributed by atoms with Crippen LogP contribution in [0.4, 0.5) is 0 Å². The first-order valence-corrected chi connectivity index (χ1v) is 14.8. The molecule has 3 rings (SSSR count). The lowest BCUT2D eigenvalue weighted by molar-refractivity contribution is 0.276. The van der Waals surface area contributed by atoms with E-state index < -0.39 is 0 Å². The number of hydrogen-bond donors (Lipinski definition) is 2. The predicted octanol–water partition coefficient (Wildman–Crippen LogP) is 7.51. The number of thiocarbonyl (C=S) groups is 2. The summed E-state index contributed by atoms with van der Waals surface area (Å²) in [5, 5.41) is 22.3. The molecule has 8 nitrogen and oxygen atoms in total. The van der Waals surface area contributed by atoms with E-state index in [9.17, 15) is 10.2 Å². The summed E-state index contributed by atoms with van der Waals surface area (Å²) in [5.74, 6) is 1.70. The normalized spacial score (nSPS) is 11.5. The molecule has 0 unspecified atom stereocenters. The second-order valence-corrected chi connectivity index (χ2v) is 12.9. The molecule has 0 radical (unpaired) electrons. The summed E-state index contributed by atoms with van der Waals surface area (Å²) in [4.78, 5) is 0. The molecule has 0 saturated heterocycles. The van der Waals surface area contributed by atoms with Crippen LogP contribution in [0.5, 0.6) is 34.5 Å². The summed E-state index contributed by atoms with van der Waals surface area (Å²) >= 11 is 11.1. The highest BCUT2D eigenvalue weighted by Crippen LogP contribution is 2.46. The zero-order chi connectivity index (χ0) is 33.0. The van der Waals surface area contributed by atoms with Crippen LogP contribution in [-0.2, 0) is 33.5 Å². The summed E-state index contributed by atoms with van der Waals surface area (Å²) in [6.07, 6.45) is 0. The van der Waals surface area contributed by atoms with Gasteiger partial charge in [0, 0.05) is 22.3 Å². The van der Waals surface area contributed by atoms with E-state index in [4.69, 9.17) is 52.9 Å². The number of ether oxygens (including phenoxy) is 6. The molecule has 44 heavy (non-hydrogen) atoms. The predicted molar refractivity (Wildman–Crippen MR) is 179 cm³/mol. The van der Waals surface area contributed by atoms with Gasteiger partial charge in [-0.3, -0.25) is 0 Å². The average Bonchev–Trinajstić information content (AvgIpc) is 2.97. The van der Waals surface area contributed by atoms with Gasteiger partial charge >= 0.3 is 0 Å². The smallest absolute Gasteiger partial charge is 0.191 e. The number of rotatable bonds is 10. The molecule has 238 valence electrons.